The smallest absolute Gasteiger partial charge is 0.469 e. The summed E-state index contributed by atoms with van der Waals surface area (Å²) in [5.41, 5.74) is -1.11. The lowest BCUT2D eigenvalue weighted by atomic mass is 9.75. The van der Waals surface area contributed by atoms with Gasteiger partial charge in [0.05, 0.1) is 12.0 Å². The summed E-state index contributed by atoms with van der Waals surface area (Å²) in [6, 6.07) is 0. The lowest BCUT2D eigenvalue weighted by molar-refractivity contribution is -0.153. The molecular formula is C8H15O6P. The van der Waals surface area contributed by atoms with E-state index in [-0.39, 0.29) is 0 Å². The fourth-order valence-corrected chi connectivity index (χ4v) is 2.27. The van der Waals surface area contributed by atoms with Crippen LogP contribution in [0.3, 0.4) is 0 Å². The van der Waals surface area contributed by atoms with Crippen LogP contribution in [0, 0.1) is 5.41 Å². The predicted octanol–water partition coefficient (Wildman–Crippen LogP) is 1.13. The molecule has 0 aromatic rings. The van der Waals surface area contributed by atoms with Crippen LogP contribution in [0.2, 0.25) is 0 Å². The first-order valence-corrected chi connectivity index (χ1v) is 6.32. The Balaban J connectivity index is 2.65. The highest BCUT2D eigenvalue weighted by Crippen LogP contribution is 2.43. The van der Waals surface area contributed by atoms with Gasteiger partial charge in [-0.1, -0.05) is 19.3 Å². The third-order valence-corrected chi connectivity index (χ3v) is 3.24. The molecule has 6 nitrogen and oxygen atoms in total. The van der Waals surface area contributed by atoms with Gasteiger partial charge in [0.2, 0.25) is 0 Å². The van der Waals surface area contributed by atoms with Crippen molar-refractivity contribution in [2.75, 3.05) is 6.61 Å². The molecule has 0 heterocycles. The summed E-state index contributed by atoms with van der Waals surface area (Å²) < 4.78 is 14.8. The van der Waals surface area contributed by atoms with Crippen LogP contribution in [0.15, 0.2) is 0 Å². The van der Waals surface area contributed by atoms with Gasteiger partial charge in [0.1, 0.15) is 0 Å². The van der Waals surface area contributed by atoms with E-state index < -0.39 is 25.8 Å². The van der Waals surface area contributed by atoms with E-state index in [2.05, 4.69) is 4.52 Å². The lowest BCUT2D eigenvalue weighted by Crippen LogP contribution is -2.37. The van der Waals surface area contributed by atoms with Crippen molar-refractivity contribution in [2.45, 2.75) is 32.1 Å². The second-order valence-electron chi connectivity index (χ2n) is 3.91. The molecule has 0 amide bonds. The Hall–Kier alpha value is -0.420. The molecule has 88 valence electrons. The predicted molar refractivity (Wildman–Crippen MR) is 51.1 cm³/mol. The molecule has 0 spiro atoms. The SMILES string of the molecule is O=C(O)C1(COP(=O)(O)O)CCCCC1. The summed E-state index contributed by atoms with van der Waals surface area (Å²) in [6.45, 7) is -0.410. The Labute approximate surface area is 87.5 Å². The van der Waals surface area contributed by atoms with Crippen LogP contribution in [-0.2, 0) is 13.9 Å². The number of carbonyl (C=O) groups is 1. The van der Waals surface area contributed by atoms with E-state index >= 15 is 0 Å². The Morgan fingerprint density at radius 1 is 1.27 bits per heavy atom. The molecule has 1 aliphatic carbocycles. The molecule has 1 fully saturated rings. The van der Waals surface area contributed by atoms with E-state index in [0.717, 1.165) is 19.3 Å². The van der Waals surface area contributed by atoms with E-state index in [1.807, 2.05) is 0 Å². The highest BCUT2D eigenvalue weighted by Gasteiger charge is 2.41. The minimum absolute atomic E-state index is 0.410. The monoisotopic (exact) mass is 238 g/mol. The zero-order valence-electron chi connectivity index (χ0n) is 8.26. The number of hydrogen-bond acceptors (Lipinski definition) is 3. The van der Waals surface area contributed by atoms with E-state index in [9.17, 15) is 9.36 Å². The third kappa shape index (κ3) is 3.57. The van der Waals surface area contributed by atoms with E-state index in [1.165, 1.54) is 0 Å². The summed E-state index contributed by atoms with van der Waals surface area (Å²) in [7, 11) is -4.58. The highest BCUT2D eigenvalue weighted by atomic mass is 31.2. The van der Waals surface area contributed by atoms with Crippen molar-refractivity contribution in [1.82, 2.24) is 0 Å². The van der Waals surface area contributed by atoms with Gasteiger partial charge in [-0.3, -0.25) is 9.32 Å². The molecule has 0 bridgehead atoms. The van der Waals surface area contributed by atoms with Crippen molar-refractivity contribution < 1.29 is 28.8 Å². The molecule has 0 aliphatic heterocycles. The van der Waals surface area contributed by atoms with Crippen LogP contribution in [-0.4, -0.2) is 27.5 Å². The van der Waals surface area contributed by atoms with Crippen LogP contribution in [0.25, 0.3) is 0 Å². The van der Waals surface area contributed by atoms with Crippen LogP contribution in [0.4, 0.5) is 0 Å². The number of phosphoric acid groups is 1. The molecule has 1 aliphatic rings. The maximum Gasteiger partial charge on any atom is 0.469 e. The first kappa shape index (κ1) is 12.6. The van der Waals surface area contributed by atoms with Crippen molar-refractivity contribution in [1.29, 1.82) is 0 Å². The van der Waals surface area contributed by atoms with Gasteiger partial charge in [-0.15, -0.1) is 0 Å². The molecule has 1 rings (SSSR count). The van der Waals surface area contributed by atoms with Crippen LogP contribution >= 0.6 is 7.82 Å². The largest absolute Gasteiger partial charge is 0.481 e. The molecule has 15 heavy (non-hydrogen) atoms. The van der Waals surface area contributed by atoms with Crippen LogP contribution in [0.1, 0.15) is 32.1 Å². The lowest BCUT2D eigenvalue weighted by Gasteiger charge is -2.32. The van der Waals surface area contributed by atoms with Gasteiger partial charge in [-0.2, -0.15) is 0 Å². The summed E-state index contributed by atoms with van der Waals surface area (Å²) in [5, 5.41) is 9.05. The highest BCUT2D eigenvalue weighted by molar-refractivity contribution is 7.46. The molecule has 0 atom stereocenters. The second-order valence-corrected chi connectivity index (χ2v) is 5.15. The molecule has 0 aromatic heterocycles. The molecule has 0 radical (unpaired) electrons. The molecule has 0 unspecified atom stereocenters. The minimum Gasteiger partial charge on any atom is -0.481 e. The number of aliphatic carboxylic acids is 1. The van der Waals surface area contributed by atoms with Crippen molar-refractivity contribution in [3.63, 3.8) is 0 Å². The van der Waals surface area contributed by atoms with Gasteiger partial charge >= 0.3 is 13.8 Å². The zero-order chi connectivity index (χ0) is 11.5. The van der Waals surface area contributed by atoms with Gasteiger partial charge in [0.15, 0.2) is 0 Å². The molecule has 0 aromatic carbocycles. The van der Waals surface area contributed by atoms with Crippen LogP contribution in [0.5, 0.6) is 0 Å². The quantitative estimate of drug-likeness (QED) is 0.634. The topological polar surface area (TPSA) is 104 Å². The average Bonchev–Trinajstić information content (AvgIpc) is 2.15. The molecule has 0 saturated heterocycles. The average molecular weight is 238 g/mol. The third-order valence-electron chi connectivity index (χ3n) is 2.77. The zero-order valence-corrected chi connectivity index (χ0v) is 9.15. The normalized spacial score (nSPS) is 21.2. The van der Waals surface area contributed by atoms with Crippen molar-refractivity contribution in [2.24, 2.45) is 5.41 Å². The molecule has 7 heteroatoms. The van der Waals surface area contributed by atoms with Crippen LogP contribution < -0.4 is 0 Å². The first-order valence-electron chi connectivity index (χ1n) is 4.79. The van der Waals surface area contributed by atoms with Gasteiger partial charge in [-0.05, 0) is 12.8 Å². The van der Waals surface area contributed by atoms with Gasteiger partial charge in [0, 0.05) is 0 Å². The van der Waals surface area contributed by atoms with Crippen molar-refractivity contribution in [3.05, 3.63) is 0 Å². The summed E-state index contributed by atoms with van der Waals surface area (Å²) in [5.74, 6) is -1.03. The van der Waals surface area contributed by atoms with Gasteiger partial charge in [0.25, 0.3) is 0 Å². The maximum absolute atomic E-state index is 11.1. The number of phosphoric ester groups is 1. The van der Waals surface area contributed by atoms with E-state index in [1.54, 1.807) is 0 Å². The summed E-state index contributed by atoms with van der Waals surface area (Å²) in [4.78, 5) is 28.1. The van der Waals surface area contributed by atoms with E-state index in [0.29, 0.717) is 12.8 Å². The number of carboxylic acids is 1. The maximum atomic E-state index is 11.1. The number of hydrogen-bond donors (Lipinski definition) is 3. The Bertz CT molecular complexity index is 277. The van der Waals surface area contributed by atoms with Gasteiger partial charge < -0.3 is 14.9 Å². The van der Waals surface area contributed by atoms with Gasteiger partial charge in [-0.25, -0.2) is 4.57 Å². The van der Waals surface area contributed by atoms with Crippen molar-refractivity contribution >= 4 is 13.8 Å². The Kier molecular flexibility index (Phi) is 3.89. The van der Waals surface area contributed by atoms with E-state index in [4.69, 9.17) is 14.9 Å². The first-order chi connectivity index (χ1) is 6.86. The second kappa shape index (κ2) is 4.61. The van der Waals surface area contributed by atoms with Crippen molar-refractivity contribution in [3.8, 4) is 0 Å². The number of carboxylic acid groups (broad SMARTS) is 1. The number of rotatable bonds is 4. The molecule has 1 saturated carbocycles. The standard InChI is InChI=1S/C8H15O6P/c9-7(10)8(4-2-1-3-5-8)6-14-15(11,12)13/h1-6H2,(H,9,10)(H2,11,12,13). The summed E-state index contributed by atoms with van der Waals surface area (Å²) >= 11 is 0. The molecule has 3 N–H and O–H groups in total. The Morgan fingerprint density at radius 2 is 1.80 bits per heavy atom. The fraction of sp³-hybridized carbons (Fsp3) is 0.875. The molecular weight excluding hydrogens is 223 g/mol. The Morgan fingerprint density at radius 3 is 2.20 bits per heavy atom. The fourth-order valence-electron chi connectivity index (χ4n) is 1.86. The summed E-state index contributed by atoms with van der Waals surface area (Å²) in [6.07, 6.45) is 3.32. The minimum atomic E-state index is -4.58.